The molecule has 0 unspecified atom stereocenters. The summed E-state index contributed by atoms with van der Waals surface area (Å²) in [5, 5.41) is 11.2. The molecule has 1 rings (SSSR count). The Kier molecular flexibility index (Phi) is 3.42. The maximum absolute atomic E-state index is 10.8. The van der Waals surface area contributed by atoms with Crippen LogP contribution < -0.4 is 0 Å². The van der Waals surface area contributed by atoms with Gasteiger partial charge in [-0.2, -0.15) is 4.99 Å². The summed E-state index contributed by atoms with van der Waals surface area (Å²) >= 11 is 5.76. The van der Waals surface area contributed by atoms with Crippen LogP contribution in [-0.2, 0) is 10.3 Å². The Morgan fingerprint density at radius 1 is 1.50 bits per heavy atom. The summed E-state index contributed by atoms with van der Waals surface area (Å²) < 4.78 is 0. The second kappa shape index (κ2) is 4.43. The van der Waals surface area contributed by atoms with Crippen molar-refractivity contribution < 1.29 is 9.72 Å². The van der Waals surface area contributed by atoms with Crippen molar-refractivity contribution in [3.8, 4) is 0 Å². The second-order valence-corrected chi connectivity index (χ2v) is 4.12. The van der Waals surface area contributed by atoms with Gasteiger partial charge in [0, 0.05) is 11.1 Å². The molecule has 0 aliphatic carbocycles. The number of halogens is 1. The number of nitro groups is 1. The van der Waals surface area contributed by atoms with Gasteiger partial charge in [0.15, 0.2) is 0 Å². The third kappa shape index (κ3) is 2.45. The van der Waals surface area contributed by atoms with Gasteiger partial charge in [0.05, 0.1) is 16.0 Å². The van der Waals surface area contributed by atoms with Gasteiger partial charge in [-0.15, -0.1) is 0 Å². The van der Waals surface area contributed by atoms with Gasteiger partial charge in [0.25, 0.3) is 5.69 Å². The van der Waals surface area contributed by atoms with Gasteiger partial charge in [-0.3, -0.25) is 10.1 Å². The molecule has 0 aromatic heterocycles. The number of isocyanates is 1. The molecule has 0 spiro atoms. The van der Waals surface area contributed by atoms with Gasteiger partial charge in [-0.1, -0.05) is 11.6 Å². The van der Waals surface area contributed by atoms with Gasteiger partial charge in [0.2, 0.25) is 6.08 Å². The van der Waals surface area contributed by atoms with Crippen LogP contribution in [0.4, 0.5) is 5.69 Å². The molecule has 84 valence electrons. The fourth-order valence-electron chi connectivity index (χ4n) is 1.33. The van der Waals surface area contributed by atoms with Crippen molar-refractivity contribution in [2.75, 3.05) is 0 Å². The van der Waals surface area contributed by atoms with Crippen LogP contribution in [0, 0.1) is 10.1 Å². The van der Waals surface area contributed by atoms with E-state index in [2.05, 4.69) is 4.99 Å². The predicted octanol–water partition coefficient (Wildman–Crippen LogP) is 2.82. The zero-order chi connectivity index (χ0) is 12.3. The van der Waals surface area contributed by atoms with Crippen LogP contribution in [0.15, 0.2) is 23.2 Å². The molecule has 0 bridgehead atoms. The smallest absolute Gasteiger partial charge is 0.258 e. The summed E-state index contributed by atoms with van der Waals surface area (Å²) in [5.74, 6) is 0. The molecule has 16 heavy (non-hydrogen) atoms. The summed E-state index contributed by atoms with van der Waals surface area (Å²) in [5.41, 5.74) is -0.851. The average molecular weight is 241 g/mol. The molecule has 6 heteroatoms. The van der Waals surface area contributed by atoms with Crippen LogP contribution >= 0.6 is 11.6 Å². The molecular formula is C10H9ClN2O3. The van der Waals surface area contributed by atoms with Crippen molar-refractivity contribution in [1.29, 1.82) is 0 Å². The Labute approximate surface area is 96.9 Å². The van der Waals surface area contributed by atoms with E-state index in [1.54, 1.807) is 13.8 Å². The van der Waals surface area contributed by atoms with Gasteiger partial charge in [-0.25, -0.2) is 4.79 Å². The summed E-state index contributed by atoms with van der Waals surface area (Å²) in [6.07, 6.45) is 1.40. The predicted molar refractivity (Wildman–Crippen MR) is 59.3 cm³/mol. The average Bonchev–Trinajstić information content (AvgIpc) is 2.17. The quantitative estimate of drug-likeness (QED) is 0.353. The summed E-state index contributed by atoms with van der Waals surface area (Å²) in [4.78, 5) is 24.1. The van der Waals surface area contributed by atoms with E-state index < -0.39 is 10.5 Å². The SMILES string of the molecule is CC(C)(N=C=O)c1cc(Cl)ccc1[N+](=O)[O-]. The van der Waals surface area contributed by atoms with Gasteiger partial charge in [-0.05, 0) is 26.0 Å². The summed E-state index contributed by atoms with van der Waals surface area (Å²) in [6, 6.07) is 4.14. The first-order valence-electron chi connectivity index (χ1n) is 4.42. The maximum atomic E-state index is 10.8. The lowest BCUT2D eigenvalue weighted by atomic mass is 9.93. The highest BCUT2D eigenvalue weighted by molar-refractivity contribution is 6.30. The number of rotatable bonds is 3. The highest BCUT2D eigenvalue weighted by atomic mass is 35.5. The van der Waals surface area contributed by atoms with Gasteiger partial charge >= 0.3 is 0 Å². The minimum atomic E-state index is -1.02. The molecule has 1 aromatic rings. The fraction of sp³-hybridized carbons (Fsp3) is 0.300. The van der Waals surface area contributed by atoms with E-state index in [1.165, 1.54) is 24.3 Å². The van der Waals surface area contributed by atoms with Crippen molar-refractivity contribution >= 4 is 23.4 Å². The number of aliphatic imine (C=N–C) groups is 1. The van der Waals surface area contributed by atoms with Crippen LogP contribution in [0.2, 0.25) is 5.02 Å². The molecule has 0 saturated carbocycles. The minimum absolute atomic E-state index is 0.117. The Morgan fingerprint density at radius 3 is 2.62 bits per heavy atom. The largest absolute Gasteiger partial charge is 0.275 e. The van der Waals surface area contributed by atoms with Gasteiger partial charge in [0.1, 0.15) is 0 Å². The first-order valence-corrected chi connectivity index (χ1v) is 4.80. The topological polar surface area (TPSA) is 72.6 Å². The normalized spacial score (nSPS) is 10.7. The molecule has 1 aromatic carbocycles. The molecular weight excluding hydrogens is 232 g/mol. The monoisotopic (exact) mass is 240 g/mol. The van der Waals surface area contributed by atoms with Crippen molar-refractivity contribution in [3.63, 3.8) is 0 Å². The van der Waals surface area contributed by atoms with Crippen molar-refractivity contribution in [2.24, 2.45) is 4.99 Å². The third-order valence-electron chi connectivity index (χ3n) is 2.14. The molecule has 0 N–H and O–H groups in total. The van der Waals surface area contributed by atoms with E-state index in [9.17, 15) is 14.9 Å². The fourth-order valence-corrected chi connectivity index (χ4v) is 1.50. The number of hydrogen-bond donors (Lipinski definition) is 0. The number of carbonyl (C=O) groups excluding carboxylic acids is 1. The summed E-state index contributed by atoms with van der Waals surface area (Å²) in [6.45, 7) is 3.16. The Hall–Kier alpha value is -1.71. The van der Waals surface area contributed by atoms with Crippen molar-refractivity contribution in [3.05, 3.63) is 38.9 Å². The van der Waals surface area contributed by atoms with E-state index in [0.717, 1.165) is 0 Å². The zero-order valence-electron chi connectivity index (χ0n) is 8.73. The maximum Gasteiger partial charge on any atom is 0.275 e. The first kappa shape index (κ1) is 12.4. The van der Waals surface area contributed by atoms with E-state index in [-0.39, 0.29) is 11.3 Å². The molecule has 0 aliphatic rings. The summed E-state index contributed by atoms with van der Waals surface area (Å²) in [7, 11) is 0. The van der Waals surface area contributed by atoms with Crippen LogP contribution in [0.25, 0.3) is 0 Å². The molecule has 0 atom stereocenters. The first-order chi connectivity index (χ1) is 7.38. The molecule has 0 fully saturated rings. The highest BCUT2D eigenvalue weighted by Gasteiger charge is 2.28. The lowest BCUT2D eigenvalue weighted by Crippen LogP contribution is -2.15. The standard InChI is InChI=1S/C10H9ClN2O3/c1-10(2,12-6-14)8-5-7(11)3-4-9(8)13(15)16/h3-5H,1-2H3. The van der Waals surface area contributed by atoms with E-state index in [4.69, 9.17) is 11.6 Å². The Morgan fingerprint density at radius 2 is 2.12 bits per heavy atom. The van der Waals surface area contributed by atoms with E-state index >= 15 is 0 Å². The second-order valence-electron chi connectivity index (χ2n) is 3.68. The third-order valence-corrected chi connectivity index (χ3v) is 2.37. The molecule has 0 saturated heterocycles. The minimum Gasteiger partial charge on any atom is -0.258 e. The zero-order valence-corrected chi connectivity index (χ0v) is 9.49. The highest BCUT2D eigenvalue weighted by Crippen LogP contribution is 2.34. The Bertz CT molecular complexity index is 479. The van der Waals surface area contributed by atoms with Crippen molar-refractivity contribution in [1.82, 2.24) is 0 Å². The molecule has 0 amide bonds. The molecule has 5 nitrogen and oxygen atoms in total. The van der Waals surface area contributed by atoms with E-state index in [1.807, 2.05) is 0 Å². The number of nitro benzene ring substituents is 1. The van der Waals surface area contributed by atoms with Gasteiger partial charge < -0.3 is 0 Å². The Balaban J connectivity index is 3.46. The molecule has 0 aliphatic heterocycles. The van der Waals surface area contributed by atoms with Crippen LogP contribution in [0.3, 0.4) is 0 Å². The lowest BCUT2D eigenvalue weighted by Gasteiger charge is -2.17. The van der Waals surface area contributed by atoms with E-state index in [0.29, 0.717) is 5.02 Å². The van der Waals surface area contributed by atoms with Crippen LogP contribution in [0.1, 0.15) is 19.4 Å². The lowest BCUT2D eigenvalue weighted by molar-refractivity contribution is -0.386. The molecule has 0 heterocycles. The number of nitrogens with zero attached hydrogens (tertiary/aromatic N) is 2. The number of benzene rings is 1. The van der Waals surface area contributed by atoms with Crippen molar-refractivity contribution in [2.45, 2.75) is 19.4 Å². The number of hydrogen-bond acceptors (Lipinski definition) is 4. The van der Waals surface area contributed by atoms with Crippen LogP contribution in [0.5, 0.6) is 0 Å². The molecule has 0 radical (unpaired) electrons. The van der Waals surface area contributed by atoms with Crippen LogP contribution in [-0.4, -0.2) is 11.0 Å².